The number of hydrogen-bond acceptors (Lipinski definition) is 1. The van der Waals surface area contributed by atoms with Gasteiger partial charge >= 0.3 is 0 Å². The van der Waals surface area contributed by atoms with Crippen LogP contribution in [0.4, 0.5) is 0 Å². The molecule has 1 atom stereocenters. The van der Waals surface area contributed by atoms with Crippen molar-refractivity contribution >= 4 is 16.8 Å². The third-order valence-electron chi connectivity index (χ3n) is 5.62. The van der Waals surface area contributed by atoms with Crippen molar-refractivity contribution in [1.82, 2.24) is 9.47 Å². The quantitative estimate of drug-likeness (QED) is 0.685. The Morgan fingerprint density at radius 3 is 2.65 bits per heavy atom. The van der Waals surface area contributed by atoms with Gasteiger partial charge in [0.05, 0.1) is 6.42 Å². The SMILES string of the molecule is Cn1cc(CC(=O)N2CCCC[C@H](c3ccccc3)C2)c2ccccc21. The van der Waals surface area contributed by atoms with E-state index in [0.717, 1.165) is 25.1 Å². The maximum atomic E-state index is 13.1. The topological polar surface area (TPSA) is 25.2 Å². The summed E-state index contributed by atoms with van der Waals surface area (Å²) in [4.78, 5) is 15.2. The predicted octanol–water partition coefficient (Wildman–Crippen LogP) is 4.52. The van der Waals surface area contributed by atoms with Crippen molar-refractivity contribution in [2.45, 2.75) is 31.6 Å². The van der Waals surface area contributed by atoms with Gasteiger partial charge in [-0.15, -0.1) is 0 Å². The summed E-state index contributed by atoms with van der Waals surface area (Å²) in [6, 6.07) is 19.0. The van der Waals surface area contributed by atoms with Gasteiger partial charge in [0, 0.05) is 43.2 Å². The van der Waals surface area contributed by atoms with Crippen LogP contribution in [0.5, 0.6) is 0 Å². The van der Waals surface area contributed by atoms with Crippen molar-refractivity contribution in [3.63, 3.8) is 0 Å². The molecule has 1 aromatic heterocycles. The van der Waals surface area contributed by atoms with Crippen LogP contribution in [-0.4, -0.2) is 28.5 Å². The molecule has 2 aromatic carbocycles. The zero-order valence-corrected chi connectivity index (χ0v) is 15.4. The molecule has 1 aliphatic rings. The molecule has 0 saturated carbocycles. The van der Waals surface area contributed by atoms with Gasteiger partial charge in [-0.1, -0.05) is 55.0 Å². The summed E-state index contributed by atoms with van der Waals surface area (Å²) < 4.78 is 2.12. The Bertz CT molecular complexity index is 897. The summed E-state index contributed by atoms with van der Waals surface area (Å²) in [7, 11) is 2.05. The Hall–Kier alpha value is -2.55. The summed E-state index contributed by atoms with van der Waals surface area (Å²) in [6.07, 6.45) is 6.06. The number of amides is 1. The summed E-state index contributed by atoms with van der Waals surface area (Å²) in [5.41, 5.74) is 3.68. The number of hydrogen-bond donors (Lipinski definition) is 0. The first-order chi connectivity index (χ1) is 12.7. The molecule has 0 radical (unpaired) electrons. The number of likely N-dealkylation sites (tertiary alicyclic amines) is 1. The summed E-state index contributed by atoms with van der Waals surface area (Å²) in [6.45, 7) is 1.72. The molecule has 1 saturated heterocycles. The molecule has 4 rings (SSSR count). The van der Waals surface area contributed by atoms with Crippen LogP contribution in [0.15, 0.2) is 60.8 Å². The zero-order valence-electron chi connectivity index (χ0n) is 15.4. The average Bonchev–Trinajstić information content (AvgIpc) is 2.86. The minimum absolute atomic E-state index is 0.254. The molecular weight excluding hydrogens is 320 g/mol. The highest BCUT2D eigenvalue weighted by molar-refractivity contribution is 5.89. The lowest BCUT2D eigenvalue weighted by atomic mass is 9.94. The van der Waals surface area contributed by atoms with E-state index < -0.39 is 0 Å². The zero-order chi connectivity index (χ0) is 17.9. The smallest absolute Gasteiger partial charge is 0.227 e. The van der Waals surface area contributed by atoms with Crippen LogP contribution in [0, 0.1) is 0 Å². The van der Waals surface area contributed by atoms with Gasteiger partial charge in [-0.05, 0) is 30.0 Å². The van der Waals surface area contributed by atoms with Crippen molar-refractivity contribution in [2.75, 3.05) is 13.1 Å². The van der Waals surface area contributed by atoms with Crippen LogP contribution in [-0.2, 0) is 18.3 Å². The average molecular weight is 346 g/mol. The number of carbonyl (C=O) groups excluding carboxylic acids is 1. The van der Waals surface area contributed by atoms with Crippen LogP contribution in [0.25, 0.3) is 10.9 Å². The highest BCUT2D eigenvalue weighted by Gasteiger charge is 2.23. The largest absolute Gasteiger partial charge is 0.350 e. The third-order valence-corrected chi connectivity index (χ3v) is 5.62. The summed E-state index contributed by atoms with van der Waals surface area (Å²) >= 11 is 0. The molecule has 0 aliphatic carbocycles. The Balaban J connectivity index is 1.53. The molecule has 0 bridgehead atoms. The maximum Gasteiger partial charge on any atom is 0.227 e. The lowest BCUT2D eigenvalue weighted by molar-refractivity contribution is -0.130. The lowest BCUT2D eigenvalue weighted by Crippen LogP contribution is -2.35. The lowest BCUT2D eigenvalue weighted by Gasteiger charge is -2.25. The van der Waals surface area contributed by atoms with Gasteiger partial charge < -0.3 is 9.47 Å². The van der Waals surface area contributed by atoms with Gasteiger partial charge in [0.1, 0.15) is 0 Å². The number of nitrogens with zero attached hydrogens (tertiary/aromatic N) is 2. The van der Waals surface area contributed by atoms with Crippen molar-refractivity contribution in [3.05, 3.63) is 71.9 Å². The van der Waals surface area contributed by atoms with E-state index in [2.05, 4.69) is 58.1 Å². The number of para-hydroxylation sites is 1. The van der Waals surface area contributed by atoms with E-state index in [1.807, 2.05) is 19.2 Å². The normalized spacial score (nSPS) is 18.0. The molecule has 3 aromatic rings. The number of rotatable bonds is 3. The van der Waals surface area contributed by atoms with Gasteiger partial charge in [0.15, 0.2) is 0 Å². The number of fused-ring (bicyclic) bond motifs is 1. The fourth-order valence-electron chi connectivity index (χ4n) is 4.21. The summed E-state index contributed by atoms with van der Waals surface area (Å²) in [5, 5.41) is 1.19. The molecule has 0 N–H and O–H groups in total. The second-order valence-electron chi connectivity index (χ2n) is 7.40. The molecule has 2 heterocycles. The molecule has 1 aliphatic heterocycles. The fraction of sp³-hybridized carbons (Fsp3) is 0.348. The molecule has 0 spiro atoms. The molecule has 134 valence electrons. The monoisotopic (exact) mass is 346 g/mol. The number of aryl methyl sites for hydroxylation is 1. The standard InChI is InChI=1S/C23H26N2O/c1-24-16-20(21-12-5-6-13-22(21)24)15-23(26)25-14-8-7-11-19(17-25)18-9-3-2-4-10-18/h2-6,9-10,12-13,16,19H,7-8,11,14-15,17H2,1H3/t19-/m0/s1. The first-order valence-corrected chi connectivity index (χ1v) is 9.58. The van der Waals surface area contributed by atoms with E-state index in [4.69, 9.17) is 0 Å². The Morgan fingerprint density at radius 1 is 1.04 bits per heavy atom. The van der Waals surface area contributed by atoms with Gasteiger partial charge in [-0.3, -0.25) is 4.79 Å². The molecule has 3 nitrogen and oxygen atoms in total. The van der Waals surface area contributed by atoms with Crippen molar-refractivity contribution in [1.29, 1.82) is 0 Å². The predicted molar refractivity (Wildman–Crippen MR) is 106 cm³/mol. The Morgan fingerprint density at radius 2 is 1.81 bits per heavy atom. The molecule has 1 amide bonds. The molecule has 3 heteroatoms. The highest BCUT2D eigenvalue weighted by Crippen LogP contribution is 2.27. The minimum Gasteiger partial charge on any atom is -0.350 e. The third kappa shape index (κ3) is 3.39. The molecule has 1 fully saturated rings. The summed E-state index contributed by atoms with van der Waals surface area (Å²) in [5.74, 6) is 0.708. The first kappa shape index (κ1) is 16.9. The van der Waals surface area contributed by atoms with E-state index >= 15 is 0 Å². The van der Waals surface area contributed by atoms with Crippen molar-refractivity contribution in [3.8, 4) is 0 Å². The second-order valence-corrected chi connectivity index (χ2v) is 7.40. The van der Waals surface area contributed by atoms with E-state index in [1.165, 1.54) is 29.3 Å². The van der Waals surface area contributed by atoms with E-state index in [-0.39, 0.29) is 5.91 Å². The number of carbonyl (C=O) groups is 1. The first-order valence-electron chi connectivity index (χ1n) is 9.58. The fourth-order valence-corrected chi connectivity index (χ4v) is 4.21. The molecule has 26 heavy (non-hydrogen) atoms. The Kier molecular flexibility index (Phi) is 4.79. The second kappa shape index (κ2) is 7.36. The van der Waals surface area contributed by atoms with Crippen LogP contribution in [0.3, 0.4) is 0 Å². The van der Waals surface area contributed by atoms with Crippen LogP contribution in [0.2, 0.25) is 0 Å². The van der Waals surface area contributed by atoms with Crippen LogP contribution >= 0.6 is 0 Å². The van der Waals surface area contributed by atoms with Gasteiger partial charge in [-0.25, -0.2) is 0 Å². The number of aromatic nitrogens is 1. The van der Waals surface area contributed by atoms with Gasteiger partial charge in [0.25, 0.3) is 0 Å². The Labute approximate surface area is 155 Å². The highest BCUT2D eigenvalue weighted by atomic mass is 16.2. The number of benzene rings is 2. The van der Waals surface area contributed by atoms with Crippen LogP contribution < -0.4 is 0 Å². The molecule has 0 unspecified atom stereocenters. The van der Waals surface area contributed by atoms with Crippen molar-refractivity contribution in [2.24, 2.45) is 7.05 Å². The van der Waals surface area contributed by atoms with E-state index in [1.54, 1.807) is 0 Å². The van der Waals surface area contributed by atoms with E-state index in [0.29, 0.717) is 12.3 Å². The van der Waals surface area contributed by atoms with Gasteiger partial charge in [-0.2, -0.15) is 0 Å². The van der Waals surface area contributed by atoms with Crippen molar-refractivity contribution < 1.29 is 4.79 Å². The minimum atomic E-state index is 0.254. The molecular formula is C23H26N2O. The maximum absolute atomic E-state index is 13.1. The van der Waals surface area contributed by atoms with Crippen LogP contribution in [0.1, 0.15) is 36.3 Å². The van der Waals surface area contributed by atoms with Gasteiger partial charge in [0.2, 0.25) is 5.91 Å². The van der Waals surface area contributed by atoms with E-state index in [9.17, 15) is 4.79 Å².